The molecule has 1 aromatic heterocycles. The molecule has 1 N–H and O–H groups in total. The van der Waals surface area contributed by atoms with Crippen molar-refractivity contribution >= 4 is 28.7 Å². The molecule has 2 aliphatic rings. The Labute approximate surface area is 205 Å². The Morgan fingerprint density at radius 2 is 1.83 bits per heavy atom. The normalized spacial score (nSPS) is 19.6. The lowest BCUT2D eigenvalue weighted by Crippen LogP contribution is -2.63. The summed E-state index contributed by atoms with van der Waals surface area (Å²) in [6.07, 6.45) is 4.73. The van der Waals surface area contributed by atoms with Gasteiger partial charge in [-0.15, -0.1) is 0 Å². The number of para-hydroxylation sites is 1. The third kappa shape index (κ3) is 4.09. The fraction of sp³-hybridized carbons (Fsp3) is 0.393. The van der Waals surface area contributed by atoms with Crippen LogP contribution in [-0.2, 0) is 20.7 Å². The molecular formula is C28H31N3O4. The van der Waals surface area contributed by atoms with Crippen molar-refractivity contribution in [2.75, 3.05) is 20.2 Å². The lowest BCUT2D eigenvalue weighted by molar-refractivity contribution is -0.158. The van der Waals surface area contributed by atoms with Crippen molar-refractivity contribution < 1.29 is 19.1 Å². The molecule has 2 aromatic carbocycles. The van der Waals surface area contributed by atoms with Gasteiger partial charge in [0.1, 0.15) is 6.04 Å². The van der Waals surface area contributed by atoms with Gasteiger partial charge in [0.2, 0.25) is 11.8 Å². The van der Waals surface area contributed by atoms with Gasteiger partial charge in [-0.25, -0.2) is 4.79 Å². The number of nitrogens with one attached hydrogen (secondary N) is 1. The molecule has 0 spiro atoms. The number of amides is 2. The van der Waals surface area contributed by atoms with E-state index in [1.54, 1.807) is 21.9 Å². The average molecular weight is 474 g/mol. The van der Waals surface area contributed by atoms with Crippen molar-refractivity contribution in [1.29, 1.82) is 0 Å². The van der Waals surface area contributed by atoms with Crippen LogP contribution in [-0.4, -0.2) is 58.8 Å². The SMILES string of the molecule is CCCCCCN1CC(=O)N2C(c3ccc(C(=O)OC)cc3)c3[nH]c4ccccc4c3C[C@H]2C1=O. The molecule has 0 saturated carbocycles. The molecule has 2 atom stereocenters. The number of hydrogen-bond acceptors (Lipinski definition) is 4. The summed E-state index contributed by atoms with van der Waals surface area (Å²) in [4.78, 5) is 46.2. The highest BCUT2D eigenvalue weighted by molar-refractivity contribution is 5.97. The Morgan fingerprint density at radius 3 is 2.57 bits per heavy atom. The summed E-state index contributed by atoms with van der Waals surface area (Å²) in [6, 6.07) is 14.2. The molecule has 3 aromatic rings. The number of piperazine rings is 1. The van der Waals surface area contributed by atoms with Gasteiger partial charge in [0, 0.05) is 29.6 Å². The van der Waals surface area contributed by atoms with Crippen LogP contribution in [0.2, 0.25) is 0 Å². The highest BCUT2D eigenvalue weighted by Gasteiger charge is 2.48. The molecule has 0 aliphatic carbocycles. The van der Waals surface area contributed by atoms with E-state index in [4.69, 9.17) is 4.74 Å². The molecular weight excluding hydrogens is 442 g/mol. The standard InChI is InChI=1S/C28H31N3O4/c1-3-4-5-8-15-30-17-24(32)31-23(27(30)33)16-21-20-9-6-7-10-22(20)29-25(21)26(31)18-11-13-19(14-12-18)28(34)35-2/h6-7,9-14,23,26,29H,3-5,8,15-17H2,1-2H3/t23-,26?/m0/s1. The van der Waals surface area contributed by atoms with E-state index in [0.717, 1.165) is 53.4 Å². The van der Waals surface area contributed by atoms with Crippen LogP contribution < -0.4 is 0 Å². The number of aromatic amines is 1. The van der Waals surface area contributed by atoms with Crippen molar-refractivity contribution in [3.8, 4) is 0 Å². The number of methoxy groups -OCH3 is 1. The maximum atomic E-state index is 13.7. The van der Waals surface area contributed by atoms with Crippen LogP contribution in [0.4, 0.5) is 0 Å². The van der Waals surface area contributed by atoms with Crippen LogP contribution in [0.15, 0.2) is 48.5 Å². The van der Waals surface area contributed by atoms with E-state index >= 15 is 0 Å². The maximum absolute atomic E-state index is 13.7. The van der Waals surface area contributed by atoms with Gasteiger partial charge in [0.25, 0.3) is 0 Å². The number of benzene rings is 2. The smallest absolute Gasteiger partial charge is 0.337 e. The molecule has 7 nitrogen and oxygen atoms in total. The van der Waals surface area contributed by atoms with E-state index in [2.05, 4.69) is 18.0 Å². The van der Waals surface area contributed by atoms with E-state index in [1.807, 2.05) is 30.3 Å². The number of nitrogens with zero attached hydrogens (tertiary/aromatic N) is 2. The molecule has 0 radical (unpaired) electrons. The van der Waals surface area contributed by atoms with Gasteiger partial charge in [0.15, 0.2) is 0 Å². The zero-order valence-corrected chi connectivity index (χ0v) is 20.3. The number of ether oxygens (including phenoxy) is 1. The fourth-order valence-corrected chi connectivity index (χ4v) is 5.51. The molecule has 5 rings (SSSR count). The molecule has 1 saturated heterocycles. The summed E-state index contributed by atoms with van der Waals surface area (Å²) < 4.78 is 4.83. The van der Waals surface area contributed by atoms with Crippen molar-refractivity contribution in [2.45, 2.75) is 51.1 Å². The first-order valence-corrected chi connectivity index (χ1v) is 12.4. The van der Waals surface area contributed by atoms with Gasteiger partial charge in [-0.05, 0) is 35.7 Å². The number of hydrogen-bond donors (Lipinski definition) is 1. The van der Waals surface area contributed by atoms with Crippen molar-refractivity contribution in [3.63, 3.8) is 0 Å². The van der Waals surface area contributed by atoms with Crippen LogP contribution in [0.5, 0.6) is 0 Å². The van der Waals surface area contributed by atoms with Gasteiger partial charge in [-0.3, -0.25) is 9.59 Å². The number of carbonyl (C=O) groups excluding carboxylic acids is 3. The zero-order valence-electron chi connectivity index (χ0n) is 20.3. The third-order valence-electron chi connectivity index (χ3n) is 7.27. The topological polar surface area (TPSA) is 82.7 Å². The summed E-state index contributed by atoms with van der Waals surface area (Å²) in [5, 5.41) is 1.08. The minimum atomic E-state index is -0.542. The van der Waals surface area contributed by atoms with E-state index in [0.29, 0.717) is 18.5 Å². The Bertz CT molecular complexity index is 1260. The Morgan fingerprint density at radius 1 is 1.06 bits per heavy atom. The van der Waals surface area contributed by atoms with E-state index in [9.17, 15) is 14.4 Å². The van der Waals surface area contributed by atoms with Gasteiger partial charge in [0.05, 0.1) is 25.3 Å². The second-order valence-corrected chi connectivity index (χ2v) is 9.42. The first-order valence-electron chi connectivity index (χ1n) is 12.4. The van der Waals surface area contributed by atoms with Crippen LogP contribution >= 0.6 is 0 Å². The van der Waals surface area contributed by atoms with Crippen LogP contribution in [0.1, 0.15) is 65.8 Å². The number of esters is 1. The monoisotopic (exact) mass is 473 g/mol. The summed E-state index contributed by atoms with van der Waals surface area (Å²) in [6.45, 7) is 2.88. The molecule has 1 fully saturated rings. The largest absolute Gasteiger partial charge is 0.465 e. The lowest BCUT2D eigenvalue weighted by Gasteiger charge is -2.47. The third-order valence-corrected chi connectivity index (χ3v) is 7.27. The van der Waals surface area contributed by atoms with E-state index in [1.165, 1.54) is 7.11 Å². The fourth-order valence-electron chi connectivity index (χ4n) is 5.51. The first kappa shape index (κ1) is 23.1. The van der Waals surface area contributed by atoms with Gasteiger partial charge in [-0.2, -0.15) is 0 Å². The predicted octanol–water partition coefficient (Wildman–Crippen LogP) is 4.22. The van der Waals surface area contributed by atoms with Gasteiger partial charge < -0.3 is 19.5 Å². The molecule has 35 heavy (non-hydrogen) atoms. The second-order valence-electron chi connectivity index (χ2n) is 9.42. The minimum absolute atomic E-state index is 0.0215. The first-order chi connectivity index (χ1) is 17.0. The summed E-state index contributed by atoms with van der Waals surface area (Å²) in [5.74, 6) is -0.433. The van der Waals surface area contributed by atoms with Crippen LogP contribution in [0.25, 0.3) is 10.9 Å². The average Bonchev–Trinajstić information content (AvgIpc) is 3.26. The van der Waals surface area contributed by atoms with Gasteiger partial charge in [-0.1, -0.05) is 56.5 Å². The molecule has 2 aliphatic heterocycles. The van der Waals surface area contributed by atoms with Crippen LogP contribution in [0, 0.1) is 0 Å². The Hall–Kier alpha value is -3.61. The summed E-state index contributed by atoms with van der Waals surface area (Å²) >= 11 is 0. The van der Waals surface area contributed by atoms with Crippen LogP contribution in [0.3, 0.4) is 0 Å². The lowest BCUT2D eigenvalue weighted by atomic mass is 9.86. The van der Waals surface area contributed by atoms with Gasteiger partial charge >= 0.3 is 5.97 Å². The maximum Gasteiger partial charge on any atom is 0.337 e. The predicted molar refractivity (Wildman–Crippen MR) is 133 cm³/mol. The molecule has 3 heterocycles. The number of aromatic nitrogens is 1. The minimum Gasteiger partial charge on any atom is -0.465 e. The number of carbonyl (C=O) groups is 3. The van der Waals surface area contributed by atoms with Crippen molar-refractivity contribution in [3.05, 3.63) is 70.9 Å². The molecule has 7 heteroatoms. The zero-order chi connectivity index (χ0) is 24.5. The Kier molecular flexibility index (Phi) is 6.32. The highest BCUT2D eigenvalue weighted by atomic mass is 16.5. The second kappa shape index (κ2) is 9.56. The van der Waals surface area contributed by atoms with E-state index in [-0.39, 0.29) is 18.4 Å². The summed E-state index contributed by atoms with van der Waals surface area (Å²) in [7, 11) is 1.35. The number of rotatable bonds is 7. The molecule has 0 bridgehead atoms. The summed E-state index contributed by atoms with van der Waals surface area (Å²) in [5.41, 5.74) is 4.31. The highest BCUT2D eigenvalue weighted by Crippen LogP contribution is 2.42. The molecule has 2 amide bonds. The molecule has 182 valence electrons. The van der Waals surface area contributed by atoms with Crippen molar-refractivity contribution in [2.24, 2.45) is 0 Å². The number of unbranched alkanes of at least 4 members (excludes halogenated alkanes) is 3. The quantitative estimate of drug-likeness (QED) is 0.411. The van der Waals surface area contributed by atoms with Crippen molar-refractivity contribution in [1.82, 2.24) is 14.8 Å². The number of fused-ring (bicyclic) bond motifs is 4. The molecule has 1 unspecified atom stereocenters. The number of H-pyrrole nitrogens is 1. The van der Waals surface area contributed by atoms with E-state index < -0.39 is 18.1 Å². The Balaban J connectivity index is 1.55.